The van der Waals surface area contributed by atoms with Crippen molar-refractivity contribution in [2.45, 2.75) is 20.1 Å². The number of benzene rings is 2. The Labute approximate surface area is 135 Å². The predicted molar refractivity (Wildman–Crippen MR) is 93.2 cm³/mol. The maximum absolute atomic E-state index is 10.6. The quantitative estimate of drug-likeness (QED) is 0.380. The first-order valence-electron chi connectivity index (χ1n) is 7.48. The topological polar surface area (TPSA) is 66.6 Å². The Balaban J connectivity index is 2.09. The monoisotopic (exact) mass is 312 g/mol. The van der Waals surface area contributed by atoms with Gasteiger partial charge in [0, 0.05) is 24.4 Å². The Hall–Kier alpha value is -2.66. The van der Waals surface area contributed by atoms with Gasteiger partial charge in [0.05, 0.1) is 4.92 Å². The van der Waals surface area contributed by atoms with E-state index in [0.717, 1.165) is 23.4 Å². The van der Waals surface area contributed by atoms with E-state index in [4.69, 9.17) is 0 Å². The molecule has 0 aliphatic carbocycles. The Morgan fingerprint density at radius 2 is 1.57 bits per heavy atom. The summed E-state index contributed by atoms with van der Waals surface area (Å²) in [6.45, 7) is 4.47. The number of nitro benzene ring substituents is 1. The minimum absolute atomic E-state index is 0.0873. The molecule has 0 radical (unpaired) electrons. The van der Waals surface area contributed by atoms with Gasteiger partial charge in [-0.1, -0.05) is 24.3 Å². The van der Waals surface area contributed by atoms with Gasteiger partial charge in [0.15, 0.2) is 0 Å². The van der Waals surface area contributed by atoms with Crippen LogP contribution in [0.1, 0.15) is 25.0 Å². The number of nitro groups is 1. The molecule has 5 heteroatoms. The van der Waals surface area contributed by atoms with Gasteiger partial charge in [-0.05, 0) is 49.2 Å². The number of hydrogen-bond acceptors (Lipinski definition) is 4. The van der Waals surface area contributed by atoms with Crippen LogP contribution in [0.25, 0.3) is 12.2 Å². The summed E-state index contributed by atoms with van der Waals surface area (Å²) in [4.78, 5) is 12.1. The number of aliphatic hydroxyl groups excluding tert-OH is 1. The molecular weight excluding hydrogens is 292 g/mol. The van der Waals surface area contributed by atoms with Crippen molar-refractivity contribution < 1.29 is 10.0 Å². The lowest BCUT2D eigenvalue weighted by Gasteiger charge is -2.26. The van der Waals surface area contributed by atoms with E-state index in [1.165, 1.54) is 12.1 Å². The van der Waals surface area contributed by atoms with Crippen LogP contribution in [0.15, 0.2) is 48.5 Å². The number of non-ortho nitro benzene ring substituents is 1. The molecule has 1 atom stereocenters. The average molecular weight is 312 g/mol. The molecule has 23 heavy (non-hydrogen) atoms. The van der Waals surface area contributed by atoms with Crippen molar-refractivity contribution >= 4 is 23.5 Å². The maximum atomic E-state index is 10.6. The van der Waals surface area contributed by atoms with Crippen LogP contribution in [0.2, 0.25) is 0 Å². The van der Waals surface area contributed by atoms with Gasteiger partial charge in [-0.2, -0.15) is 0 Å². The first kappa shape index (κ1) is 16.7. The standard InChI is InChI=1S/C18H20N2O3/c1-3-19(14(2)21)17-10-6-15(7-11-17)4-5-16-8-12-18(13-9-16)20(22)23/h4-14,21H,3H2,1-2H3. The molecule has 2 aromatic carbocycles. The van der Waals surface area contributed by atoms with Crippen molar-refractivity contribution in [3.8, 4) is 0 Å². The van der Waals surface area contributed by atoms with E-state index >= 15 is 0 Å². The van der Waals surface area contributed by atoms with Crippen LogP contribution in [-0.4, -0.2) is 22.8 Å². The molecule has 0 aliphatic heterocycles. The van der Waals surface area contributed by atoms with E-state index in [1.54, 1.807) is 19.1 Å². The zero-order valence-corrected chi connectivity index (χ0v) is 13.2. The third kappa shape index (κ3) is 4.40. The normalized spacial score (nSPS) is 12.3. The van der Waals surface area contributed by atoms with Crippen LogP contribution in [0, 0.1) is 10.1 Å². The Kier molecular flexibility index (Phi) is 5.49. The van der Waals surface area contributed by atoms with Crippen LogP contribution < -0.4 is 4.90 Å². The first-order valence-corrected chi connectivity index (χ1v) is 7.48. The SMILES string of the molecule is CCN(c1ccc(C=Cc2ccc([N+](=O)[O-])cc2)cc1)C(C)O. The lowest BCUT2D eigenvalue weighted by molar-refractivity contribution is -0.384. The second kappa shape index (κ2) is 7.56. The molecule has 2 aromatic rings. The molecule has 0 saturated heterocycles. The Morgan fingerprint density at radius 1 is 1.09 bits per heavy atom. The maximum Gasteiger partial charge on any atom is 0.269 e. The molecule has 2 rings (SSSR count). The fraction of sp³-hybridized carbons (Fsp3) is 0.222. The number of aliphatic hydroxyl groups is 1. The van der Waals surface area contributed by atoms with Crippen molar-refractivity contribution in [1.29, 1.82) is 0 Å². The fourth-order valence-corrected chi connectivity index (χ4v) is 2.34. The number of rotatable bonds is 6. The summed E-state index contributed by atoms with van der Waals surface area (Å²) in [5.74, 6) is 0. The second-order valence-electron chi connectivity index (χ2n) is 5.19. The van der Waals surface area contributed by atoms with Crippen molar-refractivity contribution in [3.63, 3.8) is 0 Å². The zero-order chi connectivity index (χ0) is 16.8. The van der Waals surface area contributed by atoms with E-state index in [-0.39, 0.29) is 5.69 Å². The number of hydrogen-bond donors (Lipinski definition) is 1. The summed E-state index contributed by atoms with van der Waals surface area (Å²) in [5, 5.41) is 20.3. The molecule has 0 aliphatic rings. The minimum atomic E-state index is -0.526. The summed E-state index contributed by atoms with van der Waals surface area (Å²) in [6, 6.07) is 14.3. The third-order valence-electron chi connectivity index (χ3n) is 3.59. The molecule has 0 aromatic heterocycles. The van der Waals surface area contributed by atoms with Crippen LogP contribution >= 0.6 is 0 Å². The summed E-state index contributed by atoms with van der Waals surface area (Å²) in [7, 11) is 0. The van der Waals surface area contributed by atoms with Crippen LogP contribution in [0.3, 0.4) is 0 Å². The number of anilines is 1. The van der Waals surface area contributed by atoms with Crippen molar-refractivity contribution in [2.24, 2.45) is 0 Å². The average Bonchev–Trinajstić information content (AvgIpc) is 2.55. The summed E-state index contributed by atoms with van der Waals surface area (Å²) >= 11 is 0. The molecule has 0 amide bonds. The van der Waals surface area contributed by atoms with E-state index in [0.29, 0.717) is 0 Å². The smallest absolute Gasteiger partial charge is 0.269 e. The van der Waals surface area contributed by atoms with E-state index in [1.807, 2.05) is 48.2 Å². The van der Waals surface area contributed by atoms with Crippen LogP contribution in [0.5, 0.6) is 0 Å². The lowest BCUT2D eigenvalue weighted by Crippen LogP contribution is -2.32. The van der Waals surface area contributed by atoms with E-state index < -0.39 is 11.2 Å². The van der Waals surface area contributed by atoms with E-state index in [2.05, 4.69) is 0 Å². The van der Waals surface area contributed by atoms with E-state index in [9.17, 15) is 15.2 Å². The molecule has 120 valence electrons. The van der Waals surface area contributed by atoms with Gasteiger partial charge >= 0.3 is 0 Å². The predicted octanol–water partition coefficient (Wildman–Crippen LogP) is 3.93. The third-order valence-corrected chi connectivity index (χ3v) is 3.59. The summed E-state index contributed by atoms with van der Waals surface area (Å²) in [6.07, 6.45) is 3.33. The molecule has 0 heterocycles. The lowest BCUT2D eigenvalue weighted by atomic mass is 10.1. The largest absolute Gasteiger partial charge is 0.374 e. The molecular formula is C18H20N2O3. The van der Waals surface area contributed by atoms with Crippen molar-refractivity contribution in [2.75, 3.05) is 11.4 Å². The first-order chi connectivity index (χ1) is 11.0. The van der Waals surface area contributed by atoms with Crippen LogP contribution in [0.4, 0.5) is 11.4 Å². The highest BCUT2D eigenvalue weighted by molar-refractivity contribution is 5.71. The fourth-order valence-electron chi connectivity index (χ4n) is 2.34. The molecule has 0 saturated carbocycles. The summed E-state index contributed by atoms with van der Waals surface area (Å²) in [5.41, 5.74) is 2.98. The number of nitrogens with zero attached hydrogens (tertiary/aromatic N) is 2. The van der Waals surface area contributed by atoms with Gasteiger partial charge < -0.3 is 10.0 Å². The molecule has 0 bridgehead atoms. The van der Waals surface area contributed by atoms with Gasteiger partial charge in [0.25, 0.3) is 5.69 Å². The molecule has 5 nitrogen and oxygen atoms in total. The van der Waals surface area contributed by atoms with Gasteiger partial charge in [0.1, 0.15) is 6.23 Å². The Morgan fingerprint density at radius 3 is 1.96 bits per heavy atom. The zero-order valence-electron chi connectivity index (χ0n) is 13.2. The van der Waals surface area contributed by atoms with Crippen molar-refractivity contribution in [1.82, 2.24) is 0 Å². The molecule has 1 unspecified atom stereocenters. The van der Waals surface area contributed by atoms with Crippen molar-refractivity contribution in [3.05, 3.63) is 69.8 Å². The second-order valence-corrected chi connectivity index (χ2v) is 5.19. The van der Waals surface area contributed by atoms with Gasteiger partial charge in [0.2, 0.25) is 0 Å². The highest BCUT2D eigenvalue weighted by Crippen LogP contribution is 2.19. The Bertz CT molecular complexity index is 676. The highest BCUT2D eigenvalue weighted by atomic mass is 16.6. The molecule has 1 N–H and O–H groups in total. The molecule has 0 fully saturated rings. The summed E-state index contributed by atoms with van der Waals surface area (Å²) < 4.78 is 0. The van der Waals surface area contributed by atoms with Gasteiger partial charge in [-0.15, -0.1) is 0 Å². The molecule has 0 spiro atoms. The highest BCUT2D eigenvalue weighted by Gasteiger charge is 2.08. The minimum Gasteiger partial charge on any atom is -0.374 e. The van der Waals surface area contributed by atoms with Gasteiger partial charge in [-0.3, -0.25) is 10.1 Å². The van der Waals surface area contributed by atoms with Gasteiger partial charge in [-0.25, -0.2) is 0 Å². The van der Waals surface area contributed by atoms with Crippen LogP contribution in [-0.2, 0) is 0 Å².